The molecule has 2 aromatic rings. The zero-order valence-electron chi connectivity index (χ0n) is 8.88. The van der Waals surface area contributed by atoms with Crippen molar-refractivity contribution < 1.29 is 0 Å². The van der Waals surface area contributed by atoms with Crippen LogP contribution < -0.4 is 0 Å². The van der Waals surface area contributed by atoms with Crippen molar-refractivity contribution in [2.24, 2.45) is 7.05 Å². The summed E-state index contributed by atoms with van der Waals surface area (Å²) in [7, 11) is 1.90. The summed E-state index contributed by atoms with van der Waals surface area (Å²) in [5.74, 6) is 0.819. The van der Waals surface area contributed by atoms with Gasteiger partial charge in [-0.25, -0.2) is 9.97 Å². The average Bonchev–Trinajstić information content (AvgIpc) is 2.63. The topological polar surface area (TPSA) is 56.5 Å². The number of nitrogens with zero attached hydrogens (tertiary/aromatic N) is 5. The van der Waals surface area contributed by atoms with Gasteiger partial charge in [0.2, 0.25) is 0 Å². The van der Waals surface area contributed by atoms with E-state index in [-0.39, 0.29) is 0 Å². The van der Waals surface area contributed by atoms with E-state index in [4.69, 9.17) is 0 Å². The minimum absolute atomic E-state index is 0.795. The van der Waals surface area contributed by atoms with Crippen molar-refractivity contribution in [1.29, 1.82) is 0 Å². The Hall–Kier alpha value is -0.950. The molecule has 0 aliphatic heterocycles. The second kappa shape index (κ2) is 4.92. The lowest BCUT2D eigenvalue weighted by Crippen LogP contribution is -1.96. The van der Waals surface area contributed by atoms with Crippen molar-refractivity contribution in [3.8, 4) is 0 Å². The molecule has 0 atom stereocenters. The first-order chi connectivity index (χ1) is 7.69. The normalized spacial score (nSPS) is 10.7. The van der Waals surface area contributed by atoms with E-state index in [1.807, 2.05) is 24.6 Å². The lowest BCUT2D eigenvalue weighted by molar-refractivity contribution is 0.784. The van der Waals surface area contributed by atoms with Crippen LogP contribution in [0.25, 0.3) is 0 Å². The van der Waals surface area contributed by atoms with Crippen LogP contribution in [-0.4, -0.2) is 24.7 Å². The molecule has 5 nitrogen and oxygen atoms in total. The molecule has 0 fully saturated rings. The second-order valence-corrected chi connectivity index (χ2v) is 4.93. The van der Waals surface area contributed by atoms with Crippen molar-refractivity contribution >= 4 is 27.7 Å². The van der Waals surface area contributed by atoms with Crippen LogP contribution in [0.3, 0.4) is 0 Å². The molecule has 16 heavy (non-hydrogen) atoms. The zero-order valence-corrected chi connectivity index (χ0v) is 11.3. The Morgan fingerprint density at radius 1 is 1.44 bits per heavy atom. The Morgan fingerprint density at radius 3 is 2.88 bits per heavy atom. The van der Waals surface area contributed by atoms with Crippen LogP contribution in [0.15, 0.2) is 27.2 Å². The number of rotatable bonds is 3. The van der Waals surface area contributed by atoms with Crippen molar-refractivity contribution in [3.63, 3.8) is 0 Å². The molecule has 0 radical (unpaired) electrons. The Morgan fingerprint density at radius 2 is 2.25 bits per heavy atom. The summed E-state index contributed by atoms with van der Waals surface area (Å²) < 4.78 is 2.65. The molecular formula is C9H10BrN5S. The quantitative estimate of drug-likeness (QED) is 0.812. The number of halogens is 1. The number of hydrogen-bond donors (Lipinski definition) is 0. The summed E-state index contributed by atoms with van der Waals surface area (Å²) in [5.41, 5.74) is 0. The van der Waals surface area contributed by atoms with Crippen LogP contribution in [0, 0.1) is 0 Å². The molecule has 84 valence electrons. The summed E-state index contributed by atoms with van der Waals surface area (Å²) in [5, 5.41) is 9.50. The summed E-state index contributed by atoms with van der Waals surface area (Å²) in [6.07, 6.45) is 2.48. The van der Waals surface area contributed by atoms with Gasteiger partial charge in [0.25, 0.3) is 0 Å². The van der Waals surface area contributed by atoms with Crippen molar-refractivity contribution in [2.45, 2.75) is 23.5 Å². The van der Waals surface area contributed by atoms with Crippen molar-refractivity contribution in [1.82, 2.24) is 24.7 Å². The van der Waals surface area contributed by atoms with E-state index in [0.29, 0.717) is 0 Å². The fourth-order valence-electron chi connectivity index (χ4n) is 1.11. The fraction of sp³-hybridized carbons (Fsp3) is 0.333. The van der Waals surface area contributed by atoms with E-state index in [1.165, 1.54) is 11.8 Å². The van der Waals surface area contributed by atoms with Gasteiger partial charge in [0.05, 0.1) is 0 Å². The van der Waals surface area contributed by atoms with Gasteiger partial charge < -0.3 is 4.57 Å². The maximum Gasteiger partial charge on any atom is 0.197 e. The molecule has 0 unspecified atom stereocenters. The third kappa shape index (κ3) is 2.59. The maximum atomic E-state index is 4.41. The first-order valence-corrected chi connectivity index (χ1v) is 6.35. The van der Waals surface area contributed by atoms with Gasteiger partial charge in [0.1, 0.15) is 21.8 Å². The van der Waals surface area contributed by atoms with Gasteiger partial charge >= 0.3 is 0 Å². The predicted octanol–water partition coefficient (Wildman–Crippen LogP) is 2.08. The highest BCUT2D eigenvalue weighted by Gasteiger charge is 2.07. The van der Waals surface area contributed by atoms with E-state index in [9.17, 15) is 0 Å². The van der Waals surface area contributed by atoms with E-state index >= 15 is 0 Å². The predicted molar refractivity (Wildman–Crippen MR) is 64.2 cm³/mol. The third-order valence-corrected chi connectivity index (χ3v) is 3.28. The molecule has 0 spiro atoms. The third-order valence-electron chi connectivity index (χ3n) is 1.90. The van der Waals surface area contributed by atoms with Gasteiger partial charge in [0, 0.05) is 19.5 Å². The molecule has 0 saturated carbocycles. The molecule has 2 aromatic heterocycles. The van der Waals surface area contributed by atoms with Crippen LogP contribution in [0.5, 0.6) is 0 Å². The summed E-state index contributed by atoms with van der Waals surface area (Å²) >= 11 is 4.84. The second-order valence-electron chi connectivity index (χ2n) is 3.13. The number of aryl methyl sites for hydroxylation is 2. The van der Waals surface area contributed by atoms with Gasteiger partial charge in [-0.3, -0.25) is 0 Å². The van der Waals surface area contributed by atoms with E-state index in [0.717, 1.165) is 27.0 Å². The van der Waals surface area contributed by atoms with Gasteiger partial charge in [-0.2, -0.15) is 0 Å². The molecule has 2 heterocycles. The van der Waals surface area contributed by atoms with Crippen molar-refractivity contribution in [3.05, 3.63) is 22.8 Å². The van der Waals surface area contributed by atoms with E-state index < -0.39 is 0 Å². The van der Waals surface area contributed by atoms with Gasteiger partial charge in [-0.1, -0.05) is 6.92 Å². The van der Waals surface area contributed by atoms with Crippen LogP contribution in [0.2, 0.25) is 0 Å². The van der Waals surface area contributed by atoms with Crippen molar-refractivity contribution in [2.75, 3.05) is 0 Å². The van der Waals surface area contributed by atoms with Crippen LogP contribution >= 0.6 is 27.7 Å². The Labute approximate surface area is 106 Å². The standard InChI is InChI=1S/C9H10BrN5S/c1-3-7-12-6(10)4-8(13-7)16-9-14-11-5-15(9)2/h4-5H,3H2,1-2H3. The Kier molecular flexibility index (Phi) is 3.55. The summed E-state index contributed by atoms with van der Waals surface area (Å²) in [6.45, 7) is 2.03. The van der Waals surface area contributed by atoms with Gasteiger partial charge in [-0.05, 0) is 27.7 Å². The first-order valence-electron chi connectivity index (χ1n) is 4.74. The molecule has 0 aliphatic carbocycles. The zero-order chi connectivity index (χ0) is 11.5. The average molecular weight is 300 g/mol. The molecule has 0 N–H and O–H groups in total. The summed E-state index contributed by atoms with van der Waals surface area (Å²) in [6, 6.07) is 1.87. The van der Waals surface area contributed by atoms with Crippen LogP contribution in [0.4, 0.5) is 0 Å². The van der Waals surface area contributed by atoms with Crippen LogP contribution in [-0.2, 0) is 13.5 Å². The molecule has 0 bridgehead atoms. The lowest BCUT2D eigenvalue weighted by Gasteiger charge is -2.02. The highest BCUT2D eigenvalue weighted by atomic mass is 79.9. The highest BCUT2D eigenvalue weighted by Crippen LogP contribution is 2.25. The molecule has 0 saturated heterocycles. The monoisotopic (exact) mass is 299 g/mol. The van der Waals surface area contributed by atoms with Crippen LogP contribution in [0.1, 0.15) is 12.7 Å². The maximum absolute atomic E-state index is 4.41. The van der Waals surface area contributed by atoms with Gasteiger partial charge in [0.15, 0.2) is 5.16 Å². The van der Waals surface area contributed by atoms with E-state index in [1.54, 1.807) is 6.33 Å². The van der Waals surface area contributed by atoms with Gasteiger partial charge in [-0.15, -0.1) is 10.2 Å². The molecule has 0 aliphatic rings. The fourth-order valence-corrected chi connectivity index (χ4v) is 2.47. The molecule has 2 rings (SSSR count). The minimum atomic E-state index is 0.795. The SMILES string of the molecule is CCc1nc(Br)cc(Sc2nncn2C)n1. The van der Waals surface area contributed by atoms with E-state index in [2.05, 4.69) is 36.1 Å². The summed E-state index contributed by atoms with van der Waals surface area (Å²) in [4.78, 5) is 8.66. The Bertz CT molecular complexity index is 498. The molecule has 0 amide bonds. The highest BCUT2D eigenvalue weighted by molar-refractivity contribution is 9.10. The number of aromatic nitrogens is 5. The Balaban J connectivity index is 2.28. The molecule has 7 heteroatoms. The molecule has 0 aromatic carbocycles. The first kappa shape index (κ1) is 11.5. The smallest absolute Gasteiger partial charge is 0.197 e. The number of hydrogen-bond acceptors (Lipinski definition) is 5. The molecular weight excluding hydrogens is 290 g/mol. The largest absolute Gasteiger partial charge is 0.311 e. The lowest BCUT2D eigenvalue weighted by atomic mass is 10.4. The minimum Gasteiger partial charge on any atom is -0.311 e.